The first kappa shape index (κ1) is 18.6. The van der Waals surface area contributed by atoms with E-state index in [0.717, 1.165) is 36.3 Å². The molecule has 0 saturated carbocycles. The van der Waals surface area contributed by atoms with Crippen molar-refractivity contribution in [2.24, 2.45) is 7.05 Å². The molecule has 1 aliphatic heterocycles. The normalized spacial score (nSPS) is 14.1. The first-order chi connectivity index (χ1) is 11.0. The minimum absolute atomic E-state index is 0. The van der Waals surface area contributed by atoms with Crippen molar-refractivity contribution in [2.75, 3.05) is 30.3 Å². The van der Waals surface area contributed by atoms with Crippen molar-refractivity contribution in [1.29, 1.82) is 0 Å². The molecular formula is C15H22ClN5O2S. The Kier molecular flexibility index (Phi) is 5.74. The van der Waals surface area contributed by atoms with Crippen LogP contribution in [0.15, 0.2) is 35.5 Å². The maximum Gasteiger partial charge on any atom is 0.243 e. The van der Waals surface area contributed by atoms with E-state index in [1.165, 1.54) is 17.1 Å². The van der Waals surface area contributed by atoms with Gasteiger partial charge in [0.2, 0.25) is 10.0 Å². The number of aromatic nitrogens is 2. The molecule has 0 spiro atoms. The van der Waals surface area contributed by atoms with Crippen LogP contribution in [0.25, 0.3) is 0 Å². The number of anilines is 2. The van der Waals surface area contributed by atoms with Gasteiger partial charge in [0.15, 0.2) is 0 Å². The molecule has 0 atom stereocenters. The maximum atomic E-state index is 12.2. The number of benzene rings is 1. The molecule has 0 radical (unpaired) electrons. The minimum atomic E-state index is -3.51. The summed E-state index contributed by atoms with van der Waals surface area (Å²) < 4.78 is 28.5. The van der Waals surface area contributed by atoms with Gasteiger partial charge in [-0.2, -0.15) is 5.10 Å². The Morgan fingerprint density at radius 3 is 2.88 bits per heavy atom. The average molecular weight is 372 g/mol. The second-order valence-electron chi connectivity index (χ2n) is 5.68. The Hall–Kier alpha value is -1.77. The van der Waals surface area contributed by atoms with Gasteiger partial charge >= 0.3 is 0 Å². The smallest absolute Gasteiger partial charge is 0.243 e. The summed E-state index contributed by atoms with van der Waals surface area (Å²) in [7, 11) is -1.82. The van der Waals surface area contributed by atoms with Crippen LogP contribution in [-0.2, 0) is 23.5 Å². The van der Waals surface area contributed by atoms with Gasteiger partial charge in [-0.05, 0) is 30.5 Å². The molecule has 9 heteroatoms. The molecule has 0 saturated heterocycles. The van der Waals surface area contributed by atoms with E-state index < -0.39 is 10.0 Å². The lowest BCUT2D eigenvalue weighted by atomic mass is 10.00. The molecule has 3 rings (SSSR count). The van der Waals surface area contributed by atoms with E-state index in [2.05, 4.69) is 14.7 Å². The summed E-state index contributed by atoms with van der Waals surface area (Å²) >= 11 is 0. The van der Waals surface area contributed by atoms with Crippen LogP contribution in [0.1, 0.15) is 12.0 Å². The van der Waals surface area contributed by atoms with E-state index in [1.54, 1.807) is 7.05 Å². The van der Waals surface area contributed by atoms with E-state index in [0.29, 0.717) is 13.1 Å². The van der Waals surface area contributed by atoms with Crippen LogP contribution in [0.4, 0.5) is 11.4 Å². The van der Waals surface area contributed by atoms with Crippen LogP contribution in [0.2, 0.25) is 0 Å². The number of nitrogen functional groups attached to an aromatic ring is 1. The zero-order chi connectivity index (χ0) is 16.4. The molecule has 2 aromatic rings. The molecule has 0 fully saturated rings. The van der Waals surface area contributed by atoms with Gasteiger partial charge in [0, 0.05) is 44.3 Å². The van der Waals surface area contributed by atoms with E-state index in [-0.39, 0.29) is 17.3 Å². The number of nitrogens with one attached hydrogen (secondary N) is 1. The number of nitrogens with zero attached hydrogens (tertiary/aromatic N) is 3. The number of aryl methyl sites for hydroxylation is 1. The predicted octanol–water partition coefficient (Wildman–Crippen LogP) is 1.16. The van der Waals surface area contributed by atoms with Crippen molar-refractivity contribution in [1.82, 2.24) is 14.5 Å². The molecule has 132 valence electrons. The Bertz CT molecular complexity index is 806. The van der Waals surface area contributed by atoms with Crippen LogP contribution in [-0.4, -0.2) is 37.8 Å². The van der Waals surface area contributed by atoms with Gasteiger partial charge in [0.25, 0.3) is 0 Å². The minimum Gasteiger partial charge on any atom is -0.398 e. The summed E-state index contributed by atoms with van der Waals surface area (Å²) in [4.78, 5) is 2.37. The summed E-state index contributed by atoms with van der Waals surface area (Å²) in [5.74, 6) is 0. The number of fused-ring (bicyclic) bond motifs is 1. The highest BCUT2D eigenvalue weighted by atomic mass is 35.5. The number of rotatable bonds is 5. The Balaban J connectivity index is 0.00000208. The topological polar surface area (TPSA) is 93.2 Å². The molecule has 1 aromatic carbocycles. The van der Waals surface area contributed by atoms with Crippen LogP contribution in [0, 0.1) is 0 Å². The summed E-state index contributed by atoms with van der Waals surface area (Å²) in [6, 6.07) is 5.89. The first-order valence-corrected chi connectivity index (χ1v) is 9.06. The number of nitrogens with two attached hydrogens (primary N) is 1. The molecule has 2 heterocycles. The highest BCUT2D eigenvalue weighted by molar-refractivity contribution is 7.89. The standard InChI is InChI=1S/C15H21N5O2S.ClH/c1-19-11-12(10-17-19)23(21,22)18-7-9-20-8-3-4-13-14(16)5-2-6-15(13)20;/h2,5-6,10-11,18H,3-4,7-9,16H2,1H3;1H. The fourth-order valence-corrected chi connectivity index (χ4v) is 3.90. The summed E-state index contributed by atoms with van der Waals surface area (Å²) in [5, 5.41) is 3.89. The zero-order valence-corrected chi connectivity index (χ0v) is 15.1. The number of halogens is 1. The fourth-order valence-electron chi connectivity index (χ4n) is 2.90. The molecule has 0 amide bonds. The molecule has 3 N–H and O–H groups in total. The first-order valence-electron chi connectivity index (χ1n) is 7.58. The predicted molar refractivity (Wildman–Crippen MR) is 97.0 cm³/mol. The molecule has 7 nitrogen and oxygen atoms in total. The van der Waals surface area contributed by atoms with Gasteiger partial charge in [-0.3, -0.25) is 4.68 Å². The van der Waals surface area contributed by atoms with Gasteiger partial charge in [0.05, 0.1) is 6.20 Å². The molecule has 0 bridgehead atoms. The average Bonchev–Trinajstić information content (AvgIpc) is 2.96. The third-order valence-corrected chi connectivity index (χ3v) is 5.46. The highest BCUT2D eigenvalue weighted by Crippen LogP contribution is 2.30. The fraction of sp³-hybridized carbons (Fsp3) is 0.400. The number of sulfonamides is 1. The lowest BCUT2D eigenvalue weighted by Gasteiger charge is -2.32. The molecule has 1 aliphatic rings. The zero-order valence-electron chi connectivity index (χ0n) is 13.5. The van der Waals surface area contributed by atoms with E-state index in [4.69, 9.17) is 5.73 Å². The van der Waals surface area contributed by atoms with Crippen LogP contribution >= 0.6 is 12.4 Å². The second-order valence-corrected chi connectivity index (χ2v) is 7.45. The molecule has 0 aliphatic carbocycles. The summed E-state index contributed by atoms with van der Waals surface area (Å²) in [6.45, 7) is 1.85. The van der Waals surface area contributed by atoms with Crippen molar-refractivity contribution >= 4 is 33.8 Å². The molecule has 1 aromatic heterocycles. The molecular weight excluding hydrogens is 350 g/mol. The van der Waals surface area contributed by atoms with Gasteiger partial charge < -0.3 is 10.6 Å². The van der Waals surface area contributed by atoms with Crippen molar-refractivity contribution in [2.45, 2.75) is 17.7 Å². The molecule has 0 unspecified atom stereocenters. The lowest BCUT2D eigenvalue weighted by Crippen LogP contribution is -2.37. The number of hydrogen-bond acceptors (Lipinski definition) is 5. The Morgan fingerprint density at radius 2 is 2.17 bits per heavy atom. The quantitative estimate of drug-likeness (QED) is 0.769. The van der Waals surface area contributed by atoms with Gasteiger partial charge in [0.1, 0.15) is 4.90 Å². The van der Waals surface area contributed by atoms with Crippen molar-refractivity contribution in [3.05, 3.63) is 36.2 Å². The monoisotopic (exact) mass is 371 g/mol. The van der Waals surface area contributed by atoms with Gasteiger partial charge in [-0.15, -0.1) is 12.4 Å². The molecule has 24 heavy (non-hydrogen) atoms. The van der Waals surface area contributed by atoms with Crippen LogP contribution in [0.3, 0.4) is 0 Å². The largest absolute Gasteiger partial charge is 0.398 e. The third-order valence-electron chi connectivity index (χ3n) is 4.05. The summed E-state index contributed by atoms with van der Waals surface area (Å²) in [6.07, 6.45) is 4.83. The van der Waals surface area contributed by atoms with Crippen molar-refractivity contribution in [3.63, 3.8) is 0 Å². The van der Waals surface area contributed by atoms with Gasteiger partial charge in [-0.1, -0.05) is 6.07 Å². The number of hydrogen-bond donors (Lipinski definition) is 2. The third kappa shape index (κ3) is 3.82. The lowest BCUT2D eigenvalue weighted by molar-refractivity contribution is 0.579. The van der Waals surface area contributed by atoms with Crippen molar-refractivity contribution < 1.29 is 8.42 Å². The van der Waals surface area contributed by atoms with E-state index in [9.17, 15) is 8.42 Å². The SMILES string of the molecule is Cl.Cn1cc(S(=O)(=O)NCCN2CCCc3c(N)cccc32)cn1. The van der Waals surface area contributed by atoms with E-state index in [1.807, 2.05) is 18.2 Å². The van der Waals surface area contributed by atoms with Crippen LogP contribution < -0.4 is 15.4 Å². The van der Waals surface area contributed by atoms with Crippen LogP contribution in [0.5, 0.6) is 0 Å². The van der Waals surface area contributed by atoms with Crippen molar-refractivity contribution in [3.8, 4) is 0 Å². The maximum absolute atomic E-state index is 12.2. The second kappa shape index (κ2) is 7.42. The Labute approximate surface area is 148 Å². The highest BCUT2D eigenvalue weighted by Gasteiger charge is 2.20. The van der Waals surface area contributed by atoms with E-state index >= 15 is 0 Å². The Morgan fingerprint density at radius 1 is 1.38 bits per heavy atom. The summed E-state index contributed by atoms with van der Waals surface area (Å²) in [5.41, 5.74) is 9.11. The van der Waals surface area contributed by atoms with Gasteiger partial charge in [-0.25, -0.2) is 13.1 Å².